The van der Waals surface area contributed by atoms with Gasteiger partial charge in [-0.3, -0.25) is 10.1 Å². The van der Waals surface area contributed by atoms with Gasteiger partial charge in [0.2, 0.25) is 0 Å². The third-order valence-corrected chi connectivity index (χ3v) is 4.98. The fraction of sp³-hybridized carbons (Fsp3) is 0.933. The number of hydrogen-bond acceptors (Lipinski definition) is 4. The summed E-state index contributed by atoms with van der Waals surface area (Å²) in [6.45, 7) is 4.47. The van der Waals surface area contributed by atoms with Crippen LogP contribution in [0, 0.1) is 0 Å². The average molecular weight is 268 g/mol. The van der Waals surface area contributed by atoms with Crippen molar-refractivity contribution in [2.75, 3.05) is 14.2 Å². The molecule has 2 fully saturated rings. The second-order valence-electron chi connectivity index (χ2n) is 6.31. The number of carbonyl (C=O) groups is 1. The third kappa shape index (κ3) is 3.11. The predicted molar refractivity (Wildman–Crippen MR) is 76.1 cm³/mol. The molecule has 2 aliphatic carbocycles. The summed E-state index contributed by atoms with van der Waals surface area (Å²) in [7, 11) is 3.69. The van der Waals surface area contributed by atoms with Gasteiger partial charge in [-0.2, -0.15) is 0 Å². The molecular formula is C15H28N2O2. The van der Waals surface area contributed by atoms with E-state index in [1.54, 1.807) is 0 Å². The summed E-state index contributed by atoms with van der Waals surface area (Å²) in [4.78, 5) is 14.6. The van der Waals surface area contributed by atoms with Crippen LogP contribution in [-0.4, -0.2) is 48.7 Å². The molecule has 4 heteroatoms. The molecule has 0 spiro atoms. The van der Waals surface area contributed by atoms with Crippen LogP contribution in [0.5, 0.6) is 0 Å². The zero-order valence-corrected chi connectivity index (χ0v) is 12.7. The van der Waals surface area contributed by atoms with Crippen molar-refractivity contribution in [3.05, 3.63) is 0 Å². The van der Waals surface area contributed by atoms with Gasteiger partial charge in [-0.25, -0.2) is 0 Å². The fourth-order valence-electron chi connectivity index (χ4n) is 3.20. The van der Waals surface area contributed by atoms with Crippen molar-refractivity contribution in [1.29, 1.82) is 0 Å². The lowest BCUT2D eigenvalue weighted by Gasteiger charge is -2.32. The van der Waals surface area contributed by atoms with Crippen LogP contribution in [-0.2, 0) is 9.53 Å². The van der Waals surface area contributed by atoms with E-state index in [0.29, 0.717) is 18.1 Å². The number of rotatable bonds is 6. The molecule has 0 heterocycles. The number of esters is 1. The van der Waals surface area contributed by atoms with E-state index < -0.39 is 5.54 Å². The summed E-state index contributed by atoms with van der Waals surface area (Å²) in [5.41, 5.74) is -0.428. The number of nitrogens with one attached hydrogen (secondary N) is 1. The van der Waals surface area contributed by atoms with Gasteiger partial charge in [0.15, 0.2) is 0 Å². The Morgan fingerprint density at radius 1 is 1.47 bits per heavy atom. The molecule has 0 amide bonds. The van der Waals surface area contributed by atoms with Crippen molar-refractivity contribution in [3.8, 4) is 0 Å². The number of methoxy groups -OCH3 is 1. The highest BCUT2D eigenvalue weighted by atomic mass is 16.5. The summed E-state index contributed by atoms with van der Waals surface area (Å²) in [6.07, 6.45) is 6.41. The highest BCUT2D eigenvalue weighted by Crippen LogP contribution is 2.37. The average Bonchev–Trinajstić information content (AvgIpc) is 3.13. The summed E-state index contributed by atoms with van der Waals surface area (Å²) in [5.74, 6) is -0.0700. The van der Waals surface area contributed by atoms with Crippen LogP contribution in [0.25, 0.3) is 0 Å². The smallest absolute Gasteiger partial charge is 0.326 e. The van der Waals surface area contributed by atoms with E-state index in [-0.39, 0.29) is 5.97 Å². The van der Waals surface area contributed by atoms with Crippen LogP contribution >= 0.6 is 0 Å². The zero-order valence-electron chi connectivity index (χ0n) is 12.7. The lowest BCUT2D eigenvalue weighted by Crippen LogP contribution is -2.53. The Labute approximate surface area is 116 Å². The largest absolute Gasteiger partial charge is 0.468 e. The van der Waals surface area contributed by atoms with Gasteiger partial charge in [0.1, 0.15) is 5.54 Å². The van der Waals surface area contributed by atoms with Crippen molar-refractivity contribution in [3.63, 3.8) is 0 Å². The van der Waals surface area contributed by atoms with E-state index in [1.165, 1.54) is 20.0 Å². The summed E-state index contributed by atoms with van der Waals surface area (Å²) < 4.78 is 5.06. The van der Waals surface area contributed by atoms with E-state index in [4.69, 9.17) is 4.74 Å². The second kappa shape index (κ2) is 5.80. The molecule has 0 aromatic carbocycles. The van der Waals surface area contributed by atoms with Crippen LogP contribution in [0.15, 0.2) is 0 Å². The zero-order chi connectivity index (χ0) is 14.0. The normalized spacial score (nSPS) is 32.6. The Morgan fingerprint density at radius 2 is 2.16 bits per heavy atom. The molecule has 0 aliphatic heterocycles. The van der Waals surface area contributed by atoms with Gasteiger partial charge >= 0.3 is 5.97 Å². The Morgan fingerprint density at radius 3 is 2.68 bits per heavy atom. The van der Waals surface area contributed by atoms with E-state index in [2.05, 4.69) is 31.1 Å². The lowest BCUT2D eigenvalue weighted by atomic mass is 9.96. The minimum atomic E-state index is -0.428. The third-order valence-electron chi connectivity index (χ3n) is 4.98. The van der Waals surface area contributed by atoms with Gasteiger partial charge in [-0.1, -0.05) is 6.92 Å². The Hall–Kier alpha value is -0.610. The molecule has 0 aromatic heterocycles. The topological polar surface area (TPSA) is 41.6 Å². The maximum absolute atomic E-state index is 12.2. The minimum absolute atomic E-state index is 0.0700. The van der Waals surface area contributed by atoms with Crippen molar-refractivity contribution in [2.45, 2.75) is 76.0 Å². The Balaban J connectivity index is 2.04. The SMILES string of the molecule is CCC(C)N(C)C1CCC(NC2CC2)(C(=O)OC)C1. The first kappa shape index (κ1) is 14.8. The van der Waals surface area contributed by atoms with E-state index in [0.717, 1.165) is 25.7 Å². The number of ether oxygens (including phenoxy) is 1. The lowest BCUT2D eigenvalue weighted by molar-refractivity contribution is -0.148. The van der Waals surface area contributed by atoms with Crippen molar-refractivity contribution < 1.29 is 9.53 Å². The molecule has 1 N–H and O–H groups in total. The molecule has 3 atom stereocenters. The second-order valence-corrected chi connectivity index (χ2v) is 6.31. The van der Waals surface area contributed by atoms with E-state index >= 15 is 0 Å². The maximum Gasteiger partial charge on any atom is 0.326 e. The van der Waals surface area contributed by atoms with Gasteiger partial charge < -0.3 is 9.64 Å². The Bertz CT molecular complexity index is 330. The van der Waals surface area contributed by atoms with Gasteiger partial charge in [-0.05, 0) is 52.5 Å². The number of carbonyl (C=O) groups excluding carboxylic acids is 1. The molecule has 2 rings (SSSR count). The monoisotopic (exact) mass is 268 g/mol. The summed E-state index contributed by atoms with van der Waals surface area (Å²) >= 11 is 0. The molecule has 2 saturated carbocycles. The van der Waals surface area contributed by atoms with Crippen molar-refractivity contribution >= 4 is 5.97 Å². The van der Waals surface area contributed by atoms with Gasteiger partial charge in [0.05, 0.1) is 7.11 Å². The highest BCUT2D eigenvalue weighted by Gasteiger charge is 2.49. The standard InChI is InChI=1S/C15H28N2O2/c1-5-11(2)17(3)13-8-9-15(10-13,14(18)19-4)16-12-6-7-12/h11-13,16H,5-10H2,1-4H3. The molecule has 19 heavy (non-hydrogen) atoms. The quantitative estimate of drug-likeness (QED) is 0.748. The minimum Gasteiger partial charge on any atom is -0.468 e. The van der Waals surface area contributed by atoms with Crippen LogP contribution < -0.4 is 5.32 Å². The van der Waals surface area contributed by atoms with E-state index in [1.807, 2.05) is 0 Å². The molecule has 0 bridgehead atoms. The number of nitrogens with zero attached hydrogens (tertiary/aromatic N) is 1. The van der Waals surface area contributed by atoms with Crippen LogP contribution in [0.2, 0.25) is 0 Å². The molecule has 4 nitrogen and oxygen atoms in total. The molecule has 2 aliphatic rings. The van der Waals surface area contributed by atoms with Crippen LogP contribution in [0.1, 0.15) is 52.4 Å². The first-order valence-corrected chi connectivity index (χ1v) is 7.60. The van der Waals surface area contributed by atoms with Crippen LogP contribution in [0.3, 0.4) is 0 Å². The van der Waals surface area contributed by atoms with E-state index in [9.17, 15) is 4.79 Å². The van der Waals surface area contributed by atoms with Gasteiger partial charge in [0, 0.05) is 18.1 Å². The number of hydrogen-bond donors (Lipinski definition) is 1. The molecule has 0 radical (unpaired) electrons. The highest BCUT2D eigenvalue weighted by molar-refractivity contribution is 5.81. The van der Waals surface area contributed by atoms with Gasteiger partial charge in [-0.15, -0.1) is 0 Å². The fourth-order valence-corrected chi connectivity index (χ4v) is 3.20. The van der Waals surface area contributed by atoms with Crippen molar-refractivity contribution in [1.82, 2.24) is 10.2 Å². The molecule has 0 aromatic rings. The summed E-state index contributed by atoms with van der Waals surface area (Å²) in [5, 5.41) is 3.56. The maximum atomic E-state index is 12.2. The first-order valence-electron chi connectivity index (χ1n) is 7.60. The molecule has 0 saturated heterocycles. The van der Waals surface area contributed by atoms with Crippen LogP contribution in [0.4, 0.5) is 0 Å². The molecule has 3 unspecified atom stereocenters. The predicted octanol–water partition coefficient (Wildman–Crippen LogP) is 1.93. The van der Waals surface area contributed by atoms with Gasteiger partial charge in [0.25, 0.3) is 0 Å². The molecule has 110 valence electrons. The first-order chi connectivity index (χ1) is 9.02. The Kier molecular flexibility index (Phi) is 4.51. The molecular weight excluding hydrogens is 240 g/mol. The summed E-state index contributed by atoms with van der Waals surface area (Å²) in [6, 6.07) is 1.59. The van der Waals surface area contributed by atoms with Crippen molar-refractivity contribution in [2.24, 2.45) is 0 Å².